The highest BCUT2D eigenvalue weighted by molar-refractivity contribution is 7.13. The number of carbonyl (C=O) groups is 1. The molecule has 0 spiro atoms. The maximum Gasteiger partial charge on any atom is 0.426 e. The van der Waals surface area contributed by atoms with Crippen molar-refractivity contribution in [1.29, 1.82) is 5.26 Å². The fraction of sp³-hybridized carbons (Fsp3) is 0.214. The lowest BCUT2D eigenvalue weighted by molar-refractivity contribution is -0.134. The minimum atomic E-state index is -4.64. The Kier molecular flexibility index (Phi) is 3.48. The maximum absolute atomic E-state index is 13.0. The molecule has 0 atom stereocenters. The average molecular weight is 308 g/mol. The monoisotopic (exact) mass is 308 g/mol. The molecule has 1 aliphatic rings. The second kappa shape index (κ2) is 4.87. The number of hydrogen-bond acceptors (Lipinski definition) is 3. The third-order valence-corrected chi connectivity index (χ3v) is 4.23. The molecule has 0 saturated heterocycles. The van der Waals surface area contributed by atoms with Gasteiger partial charge in [0.1, 0.15) is 4.88 Å². The van der Waals surface area contributed by atoms with Gasteiger partial charge < -0.3 is 0 Å². The van der Waals surface area contributed by atoms with Crippen molar-refractivity contribution in [2.24, 2.45) is 0 Å². The summed E-state index contributed by atoms with van der Waals surface area (Å²) >= 11 is 0.463. The SMILES string of the molecule is [C-]#[N+]C(C#N)=C1/C(=C/C)C(=O)c2c(C(F)(F)F)sc(C)c21. The lowest BCUT2D eigenvalue weighted by Crippen LogP contribution is -2.08. The van der Waals surface area contributed by atoms with Crippen LogP contribution in [0, 0.1) is 24.8 Å². The first-order valence-corrected chi connectivity index (χ1v) is 6.53. The van der Waals surface area contributed by atoms with Crippen molar-refractivity contribution in [3.05, 3.63) is 49.6 Å². The summed E-state index contributed by atoms with van der Waals surface area (Å²) in [6.45, 7) is 9.92. The van der Waals surface area contributed by atoms with E-state index in [1.54, 1.807) is 6.07 Å². The fourth-order valence-electron chi connectivity index (χ4n) is 2.30. The molecule has 7 heteroatoms. The number of nitrogens with zero attached hydrogens (tertiary/aromatic N) is 2. The van der Waals surface area contributed by atoms with Gasteiger partial charge >= 0.3 is 6.18 Å². The Balaban J connectivity index is 2.95. The molecule has 0 fully saturated rings. The van der Waals surface area contributed by atoms with Crippen LogP contribution in [0.2, 0.25) is 0 Å². The molecule has 0 bridgehead atoms. The predicted octanol–water partition coefficient (Wildman–Crippen LogP) is 4.37. The summed E-state index contributed by atoms with van der Waals surface area (Å²) in [6, 6.07) is 1.65. The Labute approximate surface area is 122 Å². The number of alkyl halides is 3. The summed E-state index contributed by atoms with van der Waals surface area (Å²) < 4.78 is 39.1. The molecule has 3 nitrogen and oxygen atoms in total. The van der Waals surface area contributed by atoms with E-state index in [9.17, 15) is 18.0 Å². The first kappa shape index (κ1) is 15.0. The van der Waals surface area contributed by atoms with Gasteiger partial charge in [-0.2, -0.15) is 13.2 Å². The molecule has 0 saturated carbocycles. The number of nitriles is 1. The highest BCUT2D eigenvalue weighted by Gasteiger charge is 2.45. The average Bonchev–Trinajstić information content (AvgIpc) is 2.89. The Morgan fingerprint density at radius 3 is 2.48 bits per heavy atom. The second-order valence-corrected chi connectivity index (χ2v) is 5.44. The van der Waals surface area contributed by atoms with Crippen molar-refractivity contribution in [2.45, 2.75) is 20.0 Å². The number of thiophene rings is 1. The van der Waals surface area contributed by atoms with Crippen molar-refractivity contribution in [1.82, 2.24) is 0 Å². The highest BCUT2D eigenvalue weighted by atomic mass is 32.1. The fourth-order valence-corrected chi connectivity index (χ4v) is 3.33. The maximum atomic E-state index is 13.0. The predicted molar refractivity (Wildman–Crippen MR) is 71.3 cm³/mol. The molecule has 2 rings (SSSR count). The standard InChI is InChI=1S/C14H7F3N2OS/c1-4-7-10(8(5-18)19-3)9-6(2)21-13(14(15,16)17)11(9)12(7)20/h4H,1-2H3/b7-4-,10-8?. The van der Waals surface area contributed by atoms with Crippen molar-refractivity contribution in [3.8, 4) is 6.07 Å². The van der Waals surface area contributed by atoms with Crippen LogP contribution in [0.5, 0.6) is 0 Å². The molecule has 0 unspecified atom stereocenters. The molecular weight excluding hydrogens is 301 g/mol. The summed E-state index contributed by atoms with van der Waals surface area (Å²) in [4.78, 5) is 14.6. The summed E-state index contributed by atoms with van der Waals surface area (Å²) in [5, 5.41) is 8.99. The molecule has 0 aliphatic heterocycles. The molecule has 106 valence electrons. The van der Waals surface area contributed by atoms with Crippen LogP contribution >= 0.6 is 11.3 Å². The smallest absolute Gasteiger partial charge is 0.289 e. The lowest BCUT2D eigenvalue weighted by atomic mass is 10.0. The highest BCUT2D eigenvalue weighted by Crippen LogP contribution is 2.50. The van der Waals surface area contributed by atoms with Crippen molar-refractivity contribution in [3.63, 3.8) is 0 Å². The van der Waals surface area contributed by atoms with E-state index in [1.165, 1.54) is 19.9 Å². The molecule has 1 aromatic heterocycles. The first-order valence-electron chi connectivity index (χ1n) is 5.72. The van der Waals surface area contributed by atoms with Crippen LogP contribution in [0.25, 0.3) is 10.4 Å². The van der Waals surface area contributed by atoms with Crippen LogP contribution in [-0.4, -0.2) is 5.78 Å². The number of halogens is 3. The summed E-state index contributed by atoms with van der Waals surface area (Å²) in [5.74, 6) is -0.782. The number of fused-ring (bicyclic) bond motifs is 1. The zero-order valence-corrected chi connectivity index (χ0v) is 11.7. The summed E-state index contributed by atoms with van der Waals surface area (Å²) in [7, 11) is 0. The van der Waals surface area contributed by atoms with E-state index in [-0.39, 0.29) is 27.3 Å². The quantitative estimate of drug-likeness (QED) is 0.406. The van der Waals surface area contributed by atoms with Crippen LogP contribution < -0.4 is 0 Å². The van der Waals surface area contributed by atoms with Gasteiger partial charge in [0.2, 0.25) is 0 Å². The van der Waals surface area contributed by atoms with E-state index in [4.69, 9.17) is 11.8 Å². The van der Waals surface area contributed by atoms with Crippen LogP contribution in [0.1, 0.15) is 32.6 Å². The number of allylic oxidation sites excluding steroid dienone is 4. The number of carbonyl (C=O) groups excluding carboxylic acids is 1. The minimum Gasteiger partial charge on any atom is -0.289 e. The topological polar surface area (TPSA) is 45.2 Å². The molecule has 1 heterocycles. The van der Waals surface area contributed by atoms with Crippen LogP contribution in [0.3, 0.4) is 0 Å². The number of hydrogen-bond donors (Lipinski definition) is 0. The lowest BCUT2D eigenvalue weighted by Gasteiger charge is -2.05. The third-order valence-electron chi connectivity index (χ3n) is 3.08. The van der Waals surface area contributed by atoms with E-state index in [0.29, 0.717) is 11.3 Å². The van der Waals surface area contributed by atoms with E-state index in [1.807, 2.05) is 0 Å². The Morgan fingerprint density at radius 2 is 2.05 bits per heavy atom. The molecule has 0 amide bonds. The normalized spacial score (nSPS) is 18.4. The van der Waals surface area contributed by atoms with Crippen molar-refractivity contribution < 1.29 is 18.0 Å². The van der Waals surface area contributed by atoms with Gasteiger partial charge in [-0.05, 0) is 19.4 Å². The van der Waals surface area contributed by atoms with Crippen molar-refractivity contribution >= 4 is 22.7 Å². The minimum absolute atomic E-state index is 0.0132. The number of aryl methyl sites for hydroxylation is 1. The van der Waals surface area contributed by atoms with Gasteiger partial charge in [0.05, 0.1) is 18.2 Å². The third kappa shape index (κ3) is 2.07. The molecular formula is C14H7F3N2OS. The van der Waals surface area contributed by atoms with Gasteiger partial charge in [-0.3, -0.25) is 4.79 Å². The Hall–Kier alpha value is -2.38. The van der Waals surface area contributed by atoms with Gasteiger partial charge in [0.25, 0.3) is 5.70 Å². The molecule has 21 heavy (non-hydrogen) atoms. The zero-order chi connectivity index (χ0) is 15.9. The van der Waals surface area contributed by atoms with Crippen molar-refractivity contribution in [2.75, 3.05) is 0 Å². The van der Waals surface area contributed by atoms with E-state index in [0.717, 1.165) is 0 Å². The van der Waals surface area contributed by atoms with Gasteiger partial charge in [-0.25, -0.2) is 10.1 Å². The Morgan fingerprint density at radius 1 is 1.43 bits per heavy atom. The molecule has 1 aliphatic carbocycles. The molecule has 0 N–H and O–H groups in total. The molecule has 0 radical (unpaired) electrons. The first-order chi connectivity index (χ1) is 9.77. The second-order valence-electron chi connectivity index (χ2n) is 4.21. The number of Topliss-reactive ketones (excluding diaryl/α,β-unsaturated/α-hetero) is 1. The molecule has 0 aromatic carbocycles. The number of ketones is 1. The van der Waals surface area contributed by atoms with Crippen LogP contribution in [0.4, 0.5) is 13.2 Å². The van der Waals surface area contributed by atoms with Gasteiger partial charge in [0, 0.05) is 16.0 Å². The van der Waals surface area contributed by atoms with E-state index in [2.05, 4.69) is 4.85 Å². The molecule has 1 aromatic rings. The number of rotatable bonds is 0. The van der Waals surface area contributed by atoms with Crippen LogP contribution in [-0.2, 0) is 6.18 Å². The largest absolute Gasteiger partial charge is 0.426 e. The van der Waals surface area contributed by atoms with Gasteiger partial charge in [-0.15, -0.1) is 11.3 Å². The summed E-state index contributed by atoms with van der Waals surface area (Å²) in [6.07, 6.45) is -3.30. The van der Waals surface area contributed by atoms with E-state index >= 15 is 0 Å². The summed E-state index contributed by atoms with van der Waals surface area (Å²) in [5.41, 5.74) is -0.750. The Bertz CT molecular complexity index is 782. The van der Waals surface area contributed by atoms with Gasteiger partial charge in [-0.1, -0.05) is 6.08 Å². The van der Waals surface area contributed by atoms with E-state index < -0.39 is 22.4 Å². The zero-order valence-electron chi connectivity index (χ0n) is 10.9. The van der Waals surface area contributed by atoms with Gasteiger partial charge in [0.15, 0.2) is 5.78 Å². The van der Waals surface area contributed by atoms with Crippen LogP contribution in [0.15, 0.2) is 17.3 Å².